The van der Waals surface area contributed by atoms with Gasteiger partial charge >= 0.3 is 5.97 Å². The average Bonchev–Trinajstić information content (AvgIpc) is 2.51. The van der Waals surface area contributed by atoms with Gasteiger partial charge < -0.3 is 14.8 Å². The van der Waals surface area contributed by atoms with Crippen LogP contribution in [-0.2, 0) is 19.1 Å². The minimum atomic E-state index is -0.454. The maximum atomic E-state index is 12.5. The molecule has 0 radical (unpaired) electrons. The second kappa shape index (κ2) is 8.31. The minimum absolute atomic E-state index is 0.0782. The molecule has 1 amide bonds. The van der Waals surface area contributed by atoms with E-state index in [1.54, 1.807) is 13.0 Å². The van der Waals surface area contributed by atoms with Gasteiger partial charge in [-0.05, 0) is 32.4 Å². The number of halogens is 1. The average molecular weight is 352 g/mol. The fourth-order valence-corrected chi connectivity index (χ4v) is 2.96. The van der Waals surface area contributed by atoms with Crippen molar-refractivity contribution < 1.29 is 19.1 Å². The largest absolute Gasteiger partial charge is 0.460 e. The summed E-state index contributed by atoms with van der Waals surface area (Å²) in [5, 5.41) is 3.23. The van der Waals surface area contributed by atoms with Crippen LogP contribution in [0.15, 0.2) is 35.5 Å². The third kappa shape index (κ3) is 4.58. The molecule has 6 heteroatoms. The van der Waals surface area contributed by atoms with E-state index in [0.717, 1.165) is 5.56 Å². The fraction of sp³-hybridized carbons (Fsp3) is 0.444. The summed E-state index contributed by atoms with van der Waals surface area (Å²) < 4.78 is 10.7. The van der Waals surface area contributed by atoms with Gasteiger partial charge in [0.2, 0.25) is 5.91 Å². The molecule has 0 saturated heterocycles. The van der Waals surface area contributed by atoms with E-state index in [4.69, 9.17) is 21.1 Å². The minimum Gasteiger partial charge on any atom is -0.460 e. The van der Waals surface area contributed by atoms with Crippen LogP contribution in [0.5, 0.6) is 0 Å². The highest BCUT2D eigenvalue weighted by Gasteiger charge is 2.33. The highest BCUT2D eigenvalue weighted by Crippen LogP contribution is 2.36. The SMILES string of the molecule is CC1=C(C(=O)OCCOC(C)C)C(c2ccccc2Cl)CC(=O)N1. The van der Waals surface area contributed by atoms with Crippen molar-refractivity contribution in [3.63, 3.8) is 0 Å². The molecular formula is C18H22ClNO4. The Labute approximate surface area is 147 Å². The maximum absolute atomic E-state index is 12.5. The van der Waals surface area contributed by atoms with Crippen LogP contribution in [0.2, 0.25) is 5.02 Å². The molecule has 1 aliphatic heterocycles. The first-order valence-electron chi connectivity index (χ1n) is 7.94. The van der Waals surface area contributed by atoms with E-state index >= 15 is 0 Å². The topological polar surface area (TPSA) is 64.6 Å². The molecule has 1 N–H and O–H groups in total. The third-order valence-electron chi connectivity index (χ3n) is 3.74. The van der Waals surface area contributed by atoms with Crippen LogP contribution < -0.4 is 5.32 Å². The molecule has 1 aromatic rings. The summed E-state index contributed by atoms with van der Waals surface area (Å²) in [6, 6.07) is 7.22. The normalized spacial score (nSPS) is 17.9. The first kappa shape index (κ1) is 18.5. The monoisotopic (exact) mass is 351 g/mol. The lowest BCUT2D eigenvalue weighted by Crippen LogP contribution is -2.34. The molecule has 1 heterocycles. The van der Waals surface area contributed by atoms with Crippen LogP contribution in [0.4, 0.5) is 0 Å². The van der Waals surface area contributed by atoms with Crippen molar-refractivity contribution in [1.82, 2.24) is 5.32 Å². The molecule has 0 aliphatic carbocycles. The molecular weight excluding hydrogens is 330 g/mol. The highest BCUT2D eigenvalue weighted by atomic mass is 35.5. The van der Waals surface area contributed by atoms with Crippen molar-refractivity contribution >= 4 is 23.5 Å². The summed E-state index contributed by atoms with van der Waals surface area (Å²) in [5.74, 6) is -1.01. The molecule has 0 bridgehead atoms. The van der Waals surface area contributed by atoms with E-state index in [2.05, 4.69) is 5.32 Å². The molecule has 1 unspecified atom stereocenters. The molecule has 130 valence electrons. The Hall–Kier alpha value is -1.85. The second-order valence-corrected chi connectivity index (χ2v) is 6.33. The predicted octanol–water partition coefficient (Wildman–Crippen LogP) is 3.19. The van der Waals surface area contributed by atoms with Crippen molar-refractivity contribution in [2.24, 2.45) is 0 Å². The number of amides is 1. The Morgan fingerprint density at radius 3 is 2.71 bits per heavy atom. The van der Waals surface area contributed by atoms with Gasteiger partial charge in [0.1, 0.15) is 6.61 Å². The fourth-order valence-electron chi connectivity index (χ4n) is 2.69. The summed E-state index contributed by atoms with van der Waals surface area (Å²) in [6.07, 6.45) is 0.239. The molecule has 0 saturated carbocycles. The highest BCUT2D eigenvalue weighted by molar-refractivity contribution is 6.31. The Kier molecular flexibility index (Phi) is 6.40. The Morgan fingerprint density at radius 2 is 2.04 bits per heavy atom. The van der Waals surface area contributed by atoms with Crippen LogP contribution in [0.1, 0.15) is 38.7 Å². The van der Waals surface area contributed by atoms with Gasteiger partial charge in [-0.25, -0.2) is 4.79 Å². The smallest absolute Gasteiger partial charge is 0.336 e. The second-order valence-electron chi connectivity index (χ2n) is 5.92. The van der Waals surface area contributed by atoms with Crippen molar-refractivity contribution in [3.8, 4) is 0 Å². The van der Waals surface area contributed by atoms with Gasteiger partial charge in [-0.2, -0.15) is 0 Å². The number of ether oxygens (including phenoxy) is 2. The van der Waals surface area contributed by atoms with Gasteiger partial charge in [-0.15, -0.1) is 0 Å². The lowest BCUT2D eigenvalue weighted by atomic mass is 9.84. The number of carbonyl (C=O) groups is 2. The maximum Gasteiger partial charge on any atom is 0.336 e. The lowest BCUT2D eigenvalue weighted by molar-refractivity contribution is -0.141. The number of hydrogen-bond donors (Lipinski definition) is 1. The van der Waals surface area contributed by atoms with Gasteiger partial charge in [0.05, 0.1) is 18.3 Å². The number of hydrogen-bond acceptors (Lipinski definition) is 4. The Bertz CT molecular complexity index is 654. The van der Waals surface area contributed by atoms with E-state index in [1.165, 1.54) is 0 Å². The van der Waals surface area contributed by atoms with Gasteiger partial charge in [0.25, 0.3) is 0 Å². The summed E-state index contributed by atoms with van der Waals surface area (Å²) in [7, 11) is 0. The van der Waals surface area contributed by atoms with Gasteiger partial charge in [-0.3, -0.25) is 4.79 Å². The quantitative estimate of drug-likeness (QED) is 0.631. The molecule has 5 nitrogen and oxygen atoms in total. The molecule has 1 atom stereocenters. The lowest BCUT2D eigenvalue weighted by Gasteiger charge is -2.27. The number of esters is 1. The zero-order valence-electron chi connectivity index (χ0n) is 14.1. The number of carbonyl (C=O) groups excluding carboxylic acids is 2. The summed E-state index contributed by atoms with van der Waals surface area (Å²) in [5.41, 5.74) is 1.69. The number of allylic oxidation sites excluding steroid dienone is 1. The van der Waals surface area contributed by atoms with Crippen LogP contribution in [-0.4, -0.2) is 31.2 Å². The van der Waals surface area contributed by atoms with Gasteiger partial charge in [0, 0.05) is 23.1 Å². The summed E-state index contributed by atoms with van der Waals surface area (Å²) >= 11 is 6.26. The number of nitrogens with one attached hydrogen (secondary N) is 1. The van der Waals surface area contributed by atoms with E-state index in [1.807, 2.05) is 32.0 Å². The van der Waals surface area contributed by atoms with Gasteiger partial charge in [0.15, 0.2) is 0 Å². The Morgan fingerprint density at radius 1 is 1.33 bits per heavy atom. The van der Waals surface area contributed by atoms with Crippen LogP contribution in [0, 0.1) is 0 Å². The molecule has 24 heavy (non-hydrogen) atoms. The Balaban J connectivity index is 2.19. The predicted molar refractivity (Wildman–Crippen MR) is 91.7 cm³/mol. The molecule has 0 spiro atoms. The van der Waals surface area contributed by atoms with Crippen molar-refractivity contribution in [3.05, 3.63) is 46.1 Å². The summed E-state index contributed by atoms with van der Waals surface area (Å²) in [4.78, 5) is 24.4. The van der Waals surface area contributed by atoms with Crippen LogP contribution in [0.3, 0.4) is 0 Å². The zero-order chi connectivity index (χ0) is 17.7. The van der Waals surface area contributed by atoms with Crippen molar-refractivity contribution in [1.29, 1.82) is 0 Å². The number of rotatable bonds is 6. The van der Waals surface area contributed by atoms with Crippen LogP contribution in [0.25, 0.3) is 0 Å². The first-order valence-corrected chi connectivity index (χ1v) is 8.31. The molecule has 2 rings (SSSR count). The van der Waals surface area contributed by atoms with Gasteiger partial charge in [-0.1, -0.05) is 29.8 Å². The molecule has 0 aromatic heterocycles. The number of benzene rings is 1. The molecule has 1 aliphatic rings. The van der Waals surface area contributed by atoms with Crippen molar-refractivity contribution in [2.75, 3.05) is 13.2 Å². The third-order valence-corrected chi connectivity index (χ3v) is 4.08. The first-order chi connectivity index (χ1) is 11.4. The zero-order valence-corrected chi connectivity index (χ0v) is 14.9. The summed E-state index contributed by atoms with van der Waals surface area (Å²) in [6.45, 7) is 6.02. The van der Waals surface area contributed by atoms with E-state index in [0.29, 0.717) is 22.9 Å². The van der Waals surface area contributed by atoms with E-state index < -0.39 is 11.9 Å². The van der Waals surface area contributed by atoms with E-state index in [-0.39, 0.29) is 25.0 Å². The standard InChI is InChI=1S/C18H22ClNO4/c1-11(2)23-8-9-24-18(22)17-12(3)20-16(21)10-14(17)13-6-4-5-7-15(13)19/h4-7,11,14H,8-10H2,1-3H3,(H,20,21). The van der Waals surface area contributed by atoms with E-state index in [9.17, 15) is 9.59 Å². The van der Waals surface area contributed by atoms with Crippen LogP contribution >= 0.6 is 11.6 Å². The van der Waals surface area contributed by atoms with Crippen molar-refractivity contribution in [2.45, 2.75) is 39.2 Å². The molecule has 1 aromatic carbocycles. The molecule has 0 fully saturated rings.